The van der Waals surface area contributed by atoms with Crippen LogP contribution in [0.2, 0.25) is 10.0 Å². The van der Waals surface area contributed by atoms with Gasteiger partial charge in [-0.1, -0.05) is 48.5 Å². The maximum atomic E-state index is 12.3. The zero-order valence-electron chi connectivity index (χ0n) is 14.1. The lowest BCUT2D eigenvalue weighted by Crippen LogP contribution is -2.47. The van der Waals surface area contributed by atoms with Gasteiger partial charge in [-0.15, -0.1) is 0 Å². The lowest BCUT2D eigenvalue weighted by Gasteiger charge is -2.36. The minimum atomic E-state index is -0.826. The van der Waals surface area contributed by atoms with Crippen LogP contribution < -0.4 is 11.1 Å². The Kier molecular flexibility index (Phi) is 7.11. The van der Waals surface area contributed by atoms with Gasteiger partial charge in [0.05, 0.1) is 12.5 Å². The first-order valence-electron chi connectivity index (χ1n) is 8.50. The lowest BCUT2D eigenvalue weighted by atomic mass is 9.71. The van der Waals surface area contributed by atoms with Gasteiger partial charge in [-0.05, 0) is 42.4 Å². The molecule has 1 fully saturated rings. The highest BCUT2D eigenvalue weighted by atomic mass is 35.5. The maximum absolute atomic E-state index is 12.3. The lowest BCUT2D eigenvalue weighted by molar-refractivity contribution is -0.140. The van der Waals surface area contributed by atoms with Crippen molar-refractivity contribution in [2.75, 3.05) is 6.54 Å². The summed E-state index contributed by atoms with van der Waals surface area (Å²) in [5.74, 6) is -1.12. The number of amides is 1. The Morgan fingerprint density at radius 3 is 2.52 bits per heavy atom. The monoisotopic (exact) mass is 386 g/mol. The molecule has 0 heterocycles. The second-order valence-corrected chi connectivity index (χ2v) is 7.74. The Morgan fingerprint density at radius 2 is 1.92 bits per heavy atom. The number of carboxylic acids is 1. The van der Waals surface area contributed by atoms with E-state index < -0.39 is 12.0 Å². The minimum absolute atomic E-state index is 0.0749. The second kappa shape index (κ2) is 8.88. The van der Waals surface area contributed by atoms with Crippen LogP contribution in [0.25, 0.3) is 0 Å². The number of hydrogen-bond acceptors (Lipinski definition) is 3. The molecule has 0 bridgehead atoms. The number of nitrogens with two attached hydrogens (primary N) is 1. The summed E-state index contributed by atoms with van der Waals surface area (Å²) < 4.78 is 0. The van der Waals surface area contributed by atoms with Gasteiger partial charge >= 0.3 is 5.97 Å². The average Bonchev–Trinajstić information content (AvgIpc) is 2.55. The van der Waals surface area contributed by atoms with E-state index in [0.29, 0.717) is 23.0 Å². The number of halogens is 2. The predicted octanol–water partition coefficient (Wildman–Crippen LogP) is 3.40. The second-order valence-electron chi connectivity index (χ2n) is 6.90. The quantitative estimate of drug-likeness (QED) is 0.669. The fraction of sp³-hybridized carbons (Fsp3) is 0.556. The molecule has 0 aromatic heterocycles. The number of rotatable bonds is 7. The largest absolute Gasteiger partial charge is 0.481 e. The number of benzene rings is 1. The number of carboxylic acid groups (broad SMARTS) is 1. The fourth-order valence-electron chi connectivity index (χ4n) is 3.46. The number of hydrogen-bond donors (Lipinski definition) is 3. The first-order valence-corrected chi connectivity index (χ1v) is 9.26. The van der Waals surface area contributed by atoms with Crippen molar-refractivity contribution in [2.24, 2.45) is 11.1 Å². The van der Waals surface area contributed by atoms with Gasteiger partial charge in [-0.2, -0.15) is 0 Å². The van der Waals surface area contributed by atoms with Gasteiger partial charge in [0.25, 0.3) is 0 Å². The maximum Gasteiger partial charge on any atom is 0.303 e. The van der Waals surface area contributed by atoms with Gasteiger partial charge in [-0.25, -0.2) is 0 Å². The molecule has 0 saturated heterocycles. The van der Waals surface area contributed by atoms with E-state index in [1.54, 1.807) is 18.2 Å². The predicted molar refractivity (Wildman–Crippen MR) is 98.9 cm³/mol. The summed E-state index contributed by atoms with van der Waals surface area (Å²) >= 11 is 12.0. The van der Waals surface area contributed by atoms with Gasteiger partial charge in [0.2, 0.25) is 5.91 Å². The Hall–Kier alpha value is -1.30. The summed E-state index contributed by atoms with van der Waals surface area (Å²) in [4.78, 5) is 23.5. The van der Waals surface area contributed by atoms with Crippen molar-refractivity contribution in [1.29, 1.82) is 0 Å². The van der Waals surface area contributed by atoms with Crippen LogP contribution >= 0.6 is 23.2 Å². The molecule has 1 saturated carbocycles. The van der Waals surface area contributed by atoms with Crippen LogP contribution in [-0.4, -0.2) is 29.6 Å². The first kappa shape index (κ1) is 20.0. The molecule has 1 aliphatic carbocycles. The van der Waals surface area contributed by atoms with Gasteiger partial charge < -0.3 is 16.2 Å². The Labute approximate surface area is 157 Å². The Balaban J connectivity index is 1.94. The van der Waals surface area contributed by atoms with E-state index in [0.717, 1.165) is 37.7 Å². The average molecular weight is 387 g/mol. The zero-order chi connectivity index (χ0) is 18.4. The van der Waals surface area contributed by atoms with Crippen LogP contribution in [-0.2, 0) is 16.0 Å². The molecule has 4 N–H and O–H groups in total. The molecule has 7 heteroatoms. The van der Waals surface area contributed by atoms with Crippen molar-refractivity contribution in [3.05, 3.63) is 33.8 Å². The summed E-state index contributed by atoms with van der Waals surface area (Å²) in [5, 5.41) is 13.0. The van der Waals surface area contributed by atoms with Crippen LogP contribution in [0.3, 0.4) is 0 Å². The van der Waals surface area contributed by atoms with E-state index >= 15 is 0 Å². The highest BCUT2D eigenvalue weighted by molar-refractivity contribution is 6.35. The van der Waals surface area contributed by atoms with E-state index in [4.69, 9.17) is 28.9 Å². The van der Waals surface area contributed by atoms with Gasteiger partial charge in [-0.3, -0.25) is 9.59 Å². The molecule has 1 atom stereocenters. The van der Waals surface area contributed by atoms with Crippen LogP contribution in [0.1, 0.15) is 44.1 Å². The molecule has 1 aliphatic rings. The standard InChI is InChI=1S/C18H24Cl2N2O3/c19-13-5-4-12(14(20)9-13)8-15(21)17(25)22-11-18(10-16(23)24)6-2-1-3-7-18/h4-5,9,15H,1-3,6-8,10-11,21H2,(H,22,25)(H,23,24)/t15-/m1/s1. The molecule has 0 radical (unpaired) electrons. The smallest absolute Gasteiger partial charge is 0.303 e. The topological polar surface area (TPSA) is 92.4 Å². The van der Waals surface area contributed by atoms with Crippen molar-refractivity contribution in [3.63, 3.8) is 0 Å². The van der Waals surface area contributed by atoms with Gasteiger partial charge in [0, 0.05) is 16.6 Å². The number of carbonyl (C=O) groups excluding carboxylic acids is 1. The Bertz CT molecular complexity index is 631. The molecule has 25 heavy (non-hydrogen) atoms. The molecule has 0 aliphatic heterocycles. The number of carbonyl (C=O) groups is 2. The van der Waals surface area contributed by atoms with Crippen molar-refractivity contribution in [1.82, 2.24) is 5.32 Å². The van der Waals surface area contributed by atoms with E-state index in [9.17, 15) is 14.7 Å². The summed E-state index contributed by atoms with van der Waals surface area (Å²) in [5.41, 5.74) is 6.39. The number of aliphatic carboxylic acids is 1. The zero-order valence-corrected chi connectivity index (χ0v) is 15.6. The molecular weight excluding hydrogens is 363 g/mol. The fourth-order valence-corrected chi connectivity index (χ4v) is 3.95. The third kappa shape index (κ3) is 5.87. The van der Waals surface area contributed by atoms with Crippen LogP contribution in [0.5, 0.6) is 0 Å². The van der Waals surface area contributed by atoms with Crippen molar-refractivity contribution < 1.29 is 14.7 Å². The summed E-state index contributed by atoms with van der Waals surface area (Å²) in [7, 11) is 0. The van der Waals surface area contributed by atoms with E-state index in [-0.39, 0.29) is 17.7 Å². The SMILES string of the molecule is N[C@H](Cc1ccc(Cl)cc1Cl)C(=O)NCC1(CC(=O)O)CCCCC1. The van der Waals surface area contributed by atoms with E-state index in [1.165, 1.54) is 0 Å². The van der Waals surface area contributed by atoms with Crippen LogP contribution in [0, 0.1) is 5.41 Å². The summed E-state index contributed by atoms with van der Waals surface area (Å²) in [6.07, 6.45) is 5.12. The minimum Gasteiger partial charge on any atom is -0.481 e. The van der Waals surface area contributed by atoms with E-state index in [1.807, 2.05) is 0 Å². The van der Waals surface area contributed by atoms with Gasteiger partial charge in [0.15, 0.2) is 0 Å². The Morgan fingerprint density at radius 1 is 1.24 bits per heavy atom. The van der Waals surface area contributed by atoms with E-state index in [2.05, 4.69) is 5.32 Å². The number of nitrogens with one attached hydrogen (secondary N) is 1. The molecule has 5 nitrogen and oxygen atoms in total. The van der Waals surface area contributed by atoms with Crippen LogP contribution in [0.15, 0.2) is 18.2 Å². The van der Waals surface area contributed by atoms with Crippen LogP contribution in [0.4, 0.5) is 0 Å². The molecule has 2 rings (SSSR count). The van der Waals surface area contributed by atoms with Gasteiger partial charge in [0.1, 0.15) is 0 Å². The normalized spacial score (nSPS) is 17.7. The third-order valence-corrected chi connectivity index (χ3v) is 5.46. The van der Waals surface area contributed by atoms with Crippen molar-refractivity contribution in [2.45, 2.75) is 51.0 Å². The molecule has 138 valence electrons. The summed E-state index contributed by atoms with van der Waals surface area (Å²) in [6.45, 7) is 0.347. The highest BCUT2D eigenvalue weighted by Crippen LogP contribution is 2.38. The molecule has 1 aromatic rings. The van der Waals surface area contributed by atoms with Crippen molar-refractivity contribution in [3.8, 4) is 0 Å². The molecular formula is C18H24Cl2N2O3. The third-order valence-electron chi connectivity index (χ3n) is 4.87. The molecule has 1 aromatic carbocycles. The highest BCUT2D eigenvalue weighted by Gasteiger charge is 2.35. The van der Waals surface area contributed by atoms with Crippen molar-refractivity contribution >= 4 is 35.1 Å². The summed E-state index contributed by atoms with van der Waals surface area (Å²) in [6, 6.07) is 4.33. The first-order chi connectivity index (χ1) is 11.8. The molecule has 1 amide bonds. The molecule has 0 spiro atoms. The molecule has 0 unspecified atom stereocenters.